The molecule has 0 unspecified atom stereocenters. The third kappa shape index (κ3) is 2.95. The molecule has 0 saturated carbocycles. The van der Waals surface area contributed by atoms with E-state index in [1.807, 2.05) is 0 Å². The quantitative estimate of drug-likeness (QED) is 0.620. The second-order valence-corrected chi connectivity index (χ2v) is 4.03. The first-order valence-electron chi connectivity index (χ1n) is 4.80. The molecule has 1 aromatic carbocycles. The van der Waals surface area contributed by atoms with Crippen LogP contribution in [0.3, 0.4) is 0 Å². The van der Waals surface area contributed by atoms with Gasteiger partial charge in [0.25, 0.3) is 0 Å². The number of benzene rings is 1. The molecule has 0 aliphatic heterocycles. The Labute approximate surface area is 108 Å². The normalized spacial score (nSPS) is 10.6. The van der Waals surface area contributed by atoms with E-state index in [2.05, 4.69) is 0 Å². The molecule has 0 radical (unpaired) electrons. The van der Waals surface area contributed by atoms with Gasteiger partial charge in [-0.3, -0.25) is 20.2 Å². The summed E-state index contributed by atoms with van der Waals surface area (Å²) < 4.78 is 0. The van der Waals surface area contributed by atoms with Crippen LogP contribution in [0.5, 0.6) is 0 Å². The smallest absolute Gasteiger partial charge is 0.354 e. The summed E-state index contributed by atoms with van der Waals surface area (Å²) in [4.78, 5) is 21.7. The molecular formula is C10H10ClN3O4. The van der Waals surface area contributed by atoms with Crippen molar-refractivity contribution >= 4 is 29.1 Å². The SMILES string of the molecule is CN(C)C=Cc1c(Cl)ccc([N+](=O)[O-])c1[N+](=O)[O-]. The van der Waals surface area contributed by atoms with Gasteiger partial charge in [-0.1, -0.05) is 11.6 Å². The van der Waals surface area contributed by atoms with Gasteiger partial charge in [-0.05, 0) is 18.3 Å². The highest BCUT2D eigenvalue weighted by molar-refractivity contribution is 6.32. The summed E-state index contributed by atoms with van der Waals surface area (Å²) in [6.07, 6.45) is 2.89. The molecule has 0 saturated heterocycles. The van der Waals surface area contributed by atoms with Crippen molar-refractivity contribution in [2.24, 2.45) is 0 Å². The molecular weight excluding hydrogens is 262 g/mol. The van der Waals surface area contributed by atoms with Crippen LogP contribution in [0.4, 0.5) is 11.4 Å². The van der Waals surface area contributed by atoms with Gasteiger partial charge in [0.1, 0.15) is 0 Å². The van der Waals surface area contributed by atoms with Gasteiger partial charge in [0.15, 0.2) is 0 Å². The molecule has 0 spiro atoms. The zero-order valence-electron chi connectivity index (χ0n) is 9.66. The minimum absolute atomic E-state index is 0.0181. The van der Waals surface area contributed by atoms with E-state index in [1.54, 1.807) is 19.0 Å². The Bertz CT molecular complexity index is 528. The maximum atomic E-state index is 10.9. The first-order chi connectivity index (χ1) is 8.34. The van der Waals surface area contributed by atoms with E-state index in [9.17, 15) is 20.2 Å². The van der Waals surface area contributed by atoms with Gasteiger partial charge in [0, 0.05) is 20.2 Å². The van der Waals surface area contributed by atoms with Crippen LogP contribution >= 0.6 is 11.6 Å². The Balaban J connectivity index is 3.51. The molecule has 0 heterocycles. The second kappa shape index (κ2) is 5.46. The lowest BCUT2D eigenvalue weighted by Crippen LogP contribution is -2.02. The van der Waals surface area contributed by atoms with E-state index >= 15 is 0 Å². The molecule has 0 aromatic heterocycles. The fourth-order valence-electron chi connectivity index (χ4n) is 1.29. The first-order valence-corrected chi connectivity index (χ1v) is 5.18. The standard InChI is InChI=1S/C10H10ClN3O4/c1-12(2)6-5-7-8(11)3-4-9(13(15)16)10(7)14(17)18/h3-6H,1-2H3. The van der Waals surface area contributed by atoms with Crippen LogP contribution in [0.1, 0.15) is 5.56 Å². The summed E-state index contributed by atoms with van der Waals surface area (Å²) in [6, 6.07) is 2.29. The largest absolute Gasteiger partial charge is 0.383 e. The lowest BCUT2D eigenvalue weighted by molar-refractivity contribution is -0.422. The Morgan fingerprint density at radius 3 is 2.28 bits per heavy atom. The highest BCUT2D eigenvalue weighted by Crippen LogP contribution is 2.36. The van der Waals surface area contributed by atoms with Crippen molar-refractivity contribution in [3.63, 3.8) is 0 Å². The molecule has 0 N–H and O–H groups in total. The number of nitro groups is 2. The Morgan fingerprint density at radius 2 is 1.83 bits per heavy atom. The molecule has 0 amide bonds. The number of rotatable bonds is 4. The molecule has 96 valence electrons. The monoisotopic (exact) mass is 271 g/mol. The maximum absolute atomic E-state index is 10.9. The van der Waals surface area contributed by atoms with Crippen molar-refractivity contribution in [1.29, 1.82) is 0 Å². The number of nitro benzene ring substituents is 2. The predicted molar refractivity (Wildman–Crippen MR) is 67.5 cm³/mol. The molecule has 0 atom stereocenters. The van der Waals surface area contributed by atoms with E-state index < -0.39 is 21.2 Å². The molecule has 8 heteroatoms. The number of halogens is 1. The number of hydrogen-bond donors (Lipinski definition) is 0. The van der Waals surface area contributed by atoms with Crippen molar-refractivity contribution in [2.45, 2.75) is 0 Å². The van der Waals surface area contributed by atoms with Crippen LogP contribution in [-0.4, -0.2) is 28.8 Å². The summed E-state index contributed by atoms with van der Waals surface area (Å²) in [5.41, 5.74) is -1.17. The summed E-state index contributed by atoms with van der Waals surface area (Å²) in [6.45, 7) is 0. The fourth-order valence-corrected chi connectivity index (χ4v) is 1.51. The van der Waals surface area contributed by atoms with Gasteiger partial charge >= 0.3 is 11.4 Å². The highest BCUT2D eigenvalue weighted by atomic mass is 35.5. The van der Waals surface area contributed by atoms with Gasteiger partial charge in [0.2, 0.25) is 0 Å². The fraction of sp³-hybridized carbons (Fsp3) is 0.200. The van der Waals surface area contributed by atoms with E-state index in [4.69, 9.17) is 11.6 Å². The zero-order valence-corrected chi connectivity index (χ0v) is 10.4. The van der Waals surface area contributed by atoms with E-state index in [0.717, 1.165) is 6.07 Å². The molecule has 1 aromatic rings. The Kier molecular flexibility index (Phi) is 4.22. The Hall–Kier alpha value is -2.15. The predicted octanol–water partition coefficient (Wildman–Crippen LogP) is 2.69. The average molecular weight is 272 g/mol. The van der Waals surface area contributed by atoms with Gasteiger partial charge in [-0.25, -0.2) is 0 Å². The third-order valence-electron chi connectivity index (χ3n) is 2.06. The maximum Gasteiger partial charge on any atom is 0.354 e. The first kappa shape index (κ1) is 13.9. The van der Waals surface area contributed by atoms with Crippen LogP contribution in [0, 0.1) is 20.2 Å². The molecule has 0 fully saturated rings. The lowest BCUT2D eigenvalue weighted by Gasteiger charge is -2.05. The Morgan fingerprint density at radius 1 is 1.22 bits per heavy atom. The molecule has 18 heavy (non-hydrogen) atoms. The van der Waals surface area contributed by atoms with Gasteiger partial charge in [-0.15, -0.1) is 0 Å². The third-order valence-corrected chi connectivity index (χ3v) is 2.39. The molecule has 0 bridgehead atoms. The molecule has 0 aliphatic rings. The van der Waals surface area contributed by atoms with Gasteiger partial charge < -0.3 is 4.90 Å². The van der Waals surface area contributed by atoms with Crippen molar-refractivity contribution in [3.8, 4) is 0 Å². The lowest BCUT2D eigenvalue weighted by atomic mass is 10.1. The minimum atomic E-state index is -0.806. The van der Waals surface area contributed by atoms with E-state index in [-0.39, 0.29) is 10.6 Å². The number of nitrogens with zero attached hydrogens (tertiary/aromatic N) is 3. The van der Waals surface area contributed by atoms with Gasteiger partial charge in [-0.2, -0.15) is 0 Å². The van der Waals surface area contributed by atoms with Crippen LogP contribution in [0.15, 0.2) is 18.3 Å². The topological polar surface area (TPSA) is 89.5 Å². The molecule has 1 rings (SSSR count). The molecule has 0 aliphatic carbocycles. The van der Waals surface area contributed by atoms with Crippen molar-refractivity contribution in [1.82, 2.24) is 4.90 Å². The van der Waals surface area contributed by atoms with Crippen LogP contribution in [0.2, 0.25) is 5.02 Å². The highest BCUT2D eigenvalue weighted by Gasteiger charge is 2.29. The van der Waals surface area contributed by atoms with Gasteiger partial charge in [0.05, 0.1) is 20.4 Å². The summed E-state index contributed by atoms with van der Waals surface area (Å²) >= 11 is 5.84. The zero-order chi connectivity index (χ0) is 13.9. The van der Waals surface area contributed by atoms with Crippen molar-refractivity contribution in [2.75, 3.05) is 14.1 Å². The summed E-state index contributed by atoms with van der Waals surface area (Å²) in [5, 5.41) is 21.8. The van der Waals surface area contributed by atoms with E-state index in [1.165, 1.54) is 18.3 Å². The van der Waals surface area contributed by atoms with Crippen LogP contribution < -0.4 is 0 Å². The van der Waals surface area contributed by atoms with Crippen LogP contribution in [0.25, 0.3) is 6.08 Å². The van der Waals surface area contributed by atoms with Crippen molar-refractivity contribution in [3.05, 3.63) is 49.1 Å². The average Bonchev–Trinajstić information content (AvgIpc) is 2.25. The number of hydrogen-bond acceptors (Lipinski definition) is 5. The summed E-state index contributed by atoms with van der Waals surface area (Å²) in [7, 11) is 3.43. The van der Waals surface area contributed by atoms with Crippen LogP contribution in [-0.2, 0) is 0 Å². The minimum Gasteiger partial charge on any atom is -0.383 e. The molecule has 7 nitrogen and oxygen atoms in total. The second-order valence-electron chi connectivity index (χ2n) is 3.62. The summed E-state index contributed by atoms with van der Waals surface area (Å²) in [5.74, 6) is 0. The van der Waals surface area contributed by atoms with Crippen molar-refractivity contribution < 1.29 is 9.85 Å². The van der Waals surface area contributed by atoms with E-state index in [0.29, 0.717) is 0 Å².